The van der Waals surface area contributed by atoms with Gasteiger partial charge in [0.15, 0.2) is 0 Å². The lowest BCUT2D eigenvalue weighted by Gasteiger charge is -2.22. The maximum atomic E-state index is 12.8. The molecule has 0 radical (unpaired) electrons. The van der Waals surface area contributed by atoms with Crippen LogP contribution in [0.5, 0.6) is 5.75 Å². The summed E-state index contributed by atoms with van der Waals surface area (Å²) in [5, 5.41) is 7.01. The standard InChI is InChI=1S/C20H19BrN4O3/c1-27-16-9-7-13(8-10-16)18-23-19(28-24-18)17-6-3-11-25(17)20(26)22-15-5-2-4-14(21)12-15/h2,4-5,7-10,12,17H,3,6,11H2,1H3,(H,22,26)/t17-/m0/s1. The molecule has 0 unspecified atom stereocenters. The van der Waals surface area contributed by atoms with Crippen LogP contribution < -0.4 is 10.1 Å². The first-order chi connectivity index (χ1) is 13.6. The molecule has 4 rings (SSSR count). The zero-order valence-corrected chi connectivity index (χ0v) is 16.8. The van der Waals surface area contributed by atoms with Gasteiger partial charge >= 0.3 is 6.03 Å². The molecule has 1 aliphatic rings. The lowest BCUT2D eigenvalue weighted by molar-refractivity contribution is 0.193. The highest BCUT2D eigenvalue weighted by atomic mass is 79.9. The number of rotatable bonds is 4. The second kappa shape index (κ2) is 8.02. The number of amides is 2. The van der Waals surface area contributed by atoms with E-state index in [0.717, 1.165) is 34.3 Å². The summed E-state index contributed by atoms with van der Waals surface area (Å²) in [4.78, 5) is 19.0. The van der Waals surface area contributed by atoms with E-state index in [1.54, 1.807) is 12.0 Å². The maximum absolute atomic E-state index is 12.8. The van der Waals surface area contributed by atoms with Crippen molar-refractivity contribution in [2.45, 2.75) is 18.9 Å². The van der Waals surface area contributed by atoms with Crippen molar-refractivity contribution in [2.24, 2.45) is 0 Å². The molecular weight excluding hydrogens is 424 g/mol. The largest absolute Gasteiger partial charge is 0.497 e. The van der Waals surface area contributed by atoms with Crippen molar-refractivity contribution in [3.63, 3.8) is 0 Å². The van der Waals surface area contributed by atoms with Crippen LogP contribution in [-0.4, -0.2) is 34.7 Å². The Hall–Kier alpha value is -2.87. The molecule has 0 aliphatic carbocycles. The number of anilines is 1. The van der Waals surface area contributed by atoms with Gasteiger partial charge in [-0.1, -0.05) is 27.2 Å². The van der Waals surface area contributed by atoms with Crippen molar-refractivity contribution in [3.8, 4) is 17.1 Å². The first-order valence-corrected chi connectivity index (χ1v) is 9.74. The van der Waals surface area contributed by atoms with E-state index in [2.05, 4.69) is 31.4 Å². The third-order valence-corrected chi connectivity index (χ3v) is 5.16. The van der Waals surface area contributed by atoms with Gasteiger partial charge in [-0.15, -0.1) is 0 Å². The Morgan fingerprint density at radius 3 is 2.86 bits per heavy atom. The lowest BCUT2D eigenvalue weighted by Crippen LogP contribution is -2.34. The Morgan fingerprint density at radius 2 is 2.11 bits per heavy atom. The van der Waals surface area contributed by atoms with Crippen molar-refractivity contribution in [2.75, 3.05) is 19.0 Å². The molecule has 1 atom stereocenters. The van der Waals surface area contributed by atoms with Gasteiger partial charge in [0.1, 0.15) is 11.8 Å². The third-order valence-electron chi connectivity index (χ3n) is 4.66. The van der Waals surface area contributed by atoms with Gasteiger partial charge in [0.25, 0.3) is 0 Å². The van der Waals surface area contributed by atoms with Crippen LogP contribution in [0.25, 0.3) is 11.4 Å². The Balaban J connectivity index is 1.50. The monoisotopic (exact) mass is 442 g/mol. The van der Waals surface area contributed by atoms with Crippen LogP contribution in [0, 0.1) is 0 Å². The minimum atomic E-state index is -0.230. The van der Waals surface area contributed by atoms with E-state index in [1.165, 1.54) is 0 Å². The van der Waals surface area contributed by atoms with Crippen molar-refractivity contribution in [1.29, 1.82) is 0 Å². The van der Waals surface area contributed by atoms with Crippen LogP contribution in [0.2, 0.25) is 0 Å². The molecular formula is C20H19BrN4O3. The number of carbonyl (C=O) groups is 1. The Kier molecular flexibility index (Phi) is 5.29. The summed E-state index contributed by atoms with van der Waals surface area (Å²) < 4.78 is 11.6. The molecule has 7 nitrogen and oxygen atoms in total. The molecule has 0 spiro atoms. The highest BCUT2D eigenvalue weighted by Crippen LogP contribution is 2.33. The predicted molar refractivity (Wildman–Crippen MR) is 108 cm³/mol. The van der Waals surface area contributed by atoms with Gasteiger partial charge < -0.3 is 19.5 Å². The van der Waals surface area contributed by atoms with Crippen LogP contribution in [0.1, 0.15) is 24.8 Å². The average Bonchev–Trinajstić information content (AvgIpc) is 3.37. The molecule has 1 saturated heterocycles. The predicted octanol–water partition coefficient (Wildman–Crippen LogP) is 4.88. The van der Waals surface area contributed by atoms with Gasteiger partial charge in [0.2, 0.25) is 11.7 Å². The highest BCUT2D eigenvalue weighted by molar-refractivity contribution is 9.10. The van der Waals surface area contributed by atoms with Crippen molar-refractivity contribution < 1.29 is 14.1 Å². The second-order valence-electron chi connectivity index (χ2n) is 6.48. The zero-order valence-electron chi connectivity index (χ0n) is 15.3. The number of hydrogen-bond acceptors (Lipinski definition) is 5. The fourth-order valence-electron chi connectivity index (χ4n) is 3.26. The molecule has 2 amide bonds. The zero-order chi connectivity index (χ0) is 19.5. The fraction of sp³-hybridized carbons (Fsp3) is 0.250. The molecule has 144 valence electrons. The summed E-state index contributed by atoms with van der Waals surface area (Å²) in [7, 11) is 1.62. The number of ether oxygens (including phenoxy) is 1. The van der Waals surface area contributed by atoms with Gasteiger partial charge in [-0.05, 0) is 55.3 Å². The number of likely N-dealkylation sites (tertiary alicyclic amines) is 1. The molecule has 28 heavy (non-hydrogen) atoms. The second-order valence-corrected chi connectivity index (χ2v) is 7.39. The van der Waals surface area contributed by atoms with Crippen LogP contribution in [-0.2, 0) is 0 Å². The number of methoxy groups -OCH3 is 1. The molecule has 1 aromatic heterocycles. The summed E-state index contributed by atoms with van der Waals surface area (Å²) in [5.41, 5.74) is 1.56. The Labute approximate surface area is 170 Å². The Morgan fingerprint density at radius 1 is 1.29 bits per heavy atom. The van der Waals surface area contributed by atoms with Crippen molar-refractivity contribution in [3.05, 3.63) is 58.9 Å². The molecule has 2 aromatic carbocycles. The maximum Gasteiger partial charge on any atom is 0.322 e. The van der Waals surface area contributed by atoms with E-state index in [0.29, 0.717) is 18.3 Å². The number of nitrogens with one attached hydrogen (secondary N) is 1. The van der Waals surface area contributed by atoms with Gasteiger partial charge in [-0.2, -0.15) is 4.98 Å². The molecule has 3 aromatic rings. The summed E-state index contributed by atoms with van der Waals surface area (Å²) in [6, 6.07) is 14.5. The topological polar surface area (TPSA) is 80.5 Å². The minimum Gasteiger partial charge on any atom is -0.497 e. The van der Waals surface area contributed by atoms with E-state index in [1.807, 2.05) is 48.5 Å². The van der Waals surface area contributed by atoms with E-state index in [9.17, 15) is 4.79 Å². The van der Waals surface area contributed by atoms with Crippen molar-refractivity contribution >= 4 is 27.6 Å². The molecule has 2 heterocycles. The van der Waals surface area contributed by atoms with E-state index in [4.69, 9.17) is 9.26 Å². The minimum absolute atomic E-state index is 0.176. The van der Waals surface area contributed by atoms with E-state index < -0.39 is 0 Å². The number of hydrogen-bond donors (Lipinski definition) is 1. The van der Waals surface area contributed by atoms with Gasteiger partial charge in [0, 0.05) is 22.3 Å². The van der Waals surface area contributed by atoms with Crippen LogP contribution >= 0.6 is 15.9 Å². The van der Waals surface area contributed by atoms with E-state index in [-0.39, 0.29) is 12.1 Å². The first-order valence-electron chi connectivity index (χ1n) is 8.95. The quantitative estimate of drug-likeness (QED) is 0.622. The lowest BCUT2D eigenvalue weighted by atomic mass is 10.2. The molecule has 1 N–H and O–H groups in total. The SMILES string of the molecule is COc1ccc(-c2noc([C@@H]3CCCN3C(=O)Nc3cccc(Br)c3)n2)cc1. The number of halogens is 1. The summed E-state index contributed by atoms with van der Waals surface area (Å²) in [5.74, 6) is 1.71. The summed E-state index contributed by atoms with van der Waals surface area (Å²) in [6.07, 6.45) is 1.67. The number of benzene rings is 2. The third kappa shape index (κ3) is 3.87. The number of urea groups is 1. The smallest absolute Gasteiger partial charge is 0.322 e. The average molecular weight is 443 g/mol. The number of carbonyl (C=O) groups excluding carboxylic acids is 1. The van der Waals surface area contributed by atoms with E-state index >= 15 is 0 Å². The Bertz CT molecular complexity index is 974. The number of nitrogens with zero attached hydrogens (tertiary/aromatic N) is 3. The molecule has 0 saturated carbocycles. The van der Waals surface area contributed by atoms with Crippen LogP contribution in [0.4, 0.5) is 10.5 Å². The number of aromatic nitrogens is 2. The highest BCUT2D eigenvalue weighted by Gasteiger charge is 2.34. The summed E-state index contributed by atoms with van der Waals surface area (Å²) >= 11 is 3.41. The van der Waals surface area contributed by atoms with Crippen LogP contribution in [0.3, 0.4) is 0 Å². The summed E-state index contributed by atoms with van der Waals surface area (Å²) in [6.45, 7) is 0.644. The fourth-order valence-corrected chi connectivity index (χ4v) is 3.66. The van der Waals surface area contributed by atoms with Crippen LogP contribution in [0.15, 0.2) is 57.5 Å². The van der Waals surface area contributed by atoms with Gasteiger partial charge in [-0.25, -0.2) is 4.79 Å². The normalized spacial score (nSPS) is 16.2. The van der Waals surface area contributed by atoms with Gasteiger partial charge in [-0.3, -0.25) is 0 Å². The molecule has 0 bridgehead atoms. The van der Waals surface area contributed by atoms with Gasteiger partial charge in [0.05, 0.1) is 7.11 Å². The first kappa shape index (κ1) is 18.5. The van der Waals surface area contributed by atoms with Crippen molar-refractivity contribution in [1.82, 2.24) is 15.0 Å². The molecule has 8 heteroatoms. The molecule has 1 fully saturated rings. The molecule has 1 aliphatic heterocycles.